The van der Waals surface area contributed by atoms with Crippen LogP contribution in [0, 0.1) is 0 Å². The number of esters is 2. The number of carbonyl (C=O) groups is 2. The van der Waals surface area contributed by atoms with Crippen LogP contribution in [0.2, 0.25) is 0 Å². The largest absolute Gasteiger partial charge is 0.469 e. The van der Waals surface area contributed by atoms with Crippen molar-refractivity contribution in [3.63, 3.8) is 0 Å². The van der Waals surface area contributed by atoms with Crippen molar-refractivity contribution in [2.24, 2.45) is 0 Å². The van der Waals surface area contributed by atoms with Crippen molar-refractivity contribution in [3.8, 4) is 0 Å². The van der Waals surface area contributed by atoms with Gasteiger partial charge in [0.15, 0.2) is 6.10 Å². The van der Waals surface area contributed by atoms with Gasteiger partial charge in [-0.15, -0.1) is 0 Å². The molecule has 8 nitrogen and oxygen atoms in total. The van der Waals surface area contributed by atoms with Crippen LogP contribution in [0.25, 0.3) is 0 Å². The van der Waals surface area contributed by atoms with Gasteiger partial charge in [0.05, 0.1) is 6.61 Å². The van der Waals surface area contributed by atoms with E-state index < -0.39 is 32.5 Å². The molecule has 2 N–H and O–H groups in total. The van der Waals surface area contributed by atoms with E-state index >= 15 is 0 Å². The molecule has 0 aromatic carbocycles. The lowest BCUT2D eigenvalue weighted by atomic mass is 10.1. The van der Waals surface area contributed by atoms with E-state index in [2.05, 4.69) is 18.0 Å². The Morgan fingerprint density at radius 1 is 0.969 bits per heavy atom. The molecule has 0 fully saturated rings. The van der Waals surface area contributed by atoms with Crippen molar-refractivity contribution in [1.82, 2.24) is 0 Å². The molecule has 0 radical (unpaired) electrons. The van der Waals surface area contributed by atoms with E-state index in [1.807, 2.05) is 6.08 Å². The van der Waals surface area contributed by atoms with Gasteiger partial charge in [0.1, 0.15) is 6.61 Å². The maximum absolute atomic E-state index is 12.1. The fourth-order valence-electron chi connectivity index (χ4n) is 2.73. The number of hydrogen-bond acceptors (Lipinski definition) is 6. The number of phosphoric acid groups is 1. The van der Waals surface area contributed by atoms with Crippen molar-refractivity contribution in [2.75, 3.05) is 13.2 Å². The molecule has 0 aromatic heterocycles. The summed E-state index contributed by atoms with van der Waals surface area (Å²) in [6.07, 6.45) is 17.4. The van der Waals surface area contributed by atoms with Crippen molar-refractivity contribution >= 4 is 19.8 Å². The van der Waals surface area contributed by atoms with Gasteiger partial charge in [0, 0.05) is 12.5 Å². The van der Waals surface area contributed by atoms with Crippen LogP contribution in [-0.2, 0) is 28.2 Å². The molecule has 0 aromatic rings. The Bertz CT molecular complexity index is 623. The molecule has 0 spiro atoms. The normalized spacial score (nSPS) is 12.8. The highest BCUT2D eigenvalue weighted by molar-refractivity contribution is 7.46. The summed E-state index contributed by atoms with van der Waals surface area (Å²) in [5.41, 5.74) is 0. The maximum Gasteiger partial charge on any atom is 0.469 e. The van der Waals surface area contributed by atoms with Crippen LogP contribution in [0.4, 0.5) is 0 Å². The number of allylic oxidation sites excluding steroid dienone is 4. The van der Waals surface area contributed by atoms with E-state index in [-0.39, 0.29) is 13.0 Å². The molecule has 0 heterocycles. The van der Waals surface area contributed by atoms with Gasteiger partial charge in [-0.2, -0.15) is 0 Å². The SMILES string of the molecule is C=C/C=C/CC/C=C/C(=O)OC[C@H](COP(=O)(O)O)OC(=O)CCCCCCCCCC. The molecule has 0 rings (SSSR count). The molecule has 9 heteroatoms. The minimum absolute atomic E-state index is 0.188. The fraction of sp³-hybridized carbons (Fsp3) is 0.652. The Hall–Kier alpha value is -1.73. The van der Waals surface area contributed by atoms with Gasteiger partial charge in [-0.1, -0.05) is 82.8 Å². The van der Waals surface area contributed by atoms with Crippen LogP contribution in [0.5, 0.6) is 0 Å². The van der Waals surface area contributed by atoms with Crippen molar-refractivity contribution in [2.45, 2.75) is 83.7 Å². The second-order valence-corrected chi connectivity index (χ2v) is 8.64. The summed E-state index contributed by atoms with van der Waals surface area (Å²) in [4.78, 5) is 41.6. The highest BCUT2D eigenvalue weighted by Gasteiger charge is 2.22. The third-order valence-corrected chi connectivity index (χ3v) is 4.88. The highest BCUT2D eigenvalue weighted by Crippen LogP contribution is 2.35. The molecule has 0 bridgehead atoms. The van der Waals surface area contributed by atoms with Gasteiger partial charge in [-0.25, -0.2) is 9.36 Å². The lowest BCUT2D eigenvalue weighted by molar-refractivity contribution is -0.159. The van der Waals surface area contributed by atoms with Crippen molar-refractivity contribution in [3.05, 3.63) is 37.0 Å². The first kappa shape index (κ1) is 30.3. The molecular formula is C23H39O8P. The zero-order valence-electron chi connectivity index (χ0n) is 19.2. The number of rotatable bonds is 20. The topological polar surface area (TPSA) is 119 Å². The summed E-state index contributed by atoms with van der Waals surface area (Å²) in [5, 5.41) is 0. The molecule has 0 saturated heterocycles. The van der Waals surface area contributed by atoms with Gasteiger partial charge >= 0.3 is 19.8 Å². The third kappa shape index (κ3) is 21.5. The number of phosphoric ester groups is 1. The Morgan fingerprint density at radius 3 is 2.22 bits per heavy atom. The number of carbonyl (C=O) groups excluding carboxylic acids is 2. The van der Waals surface area contributed by atoms with Gasteiger partial charge in [0.2, 0.25) is 0 Å². The van der Waals surface area contributed by atoms with Crippen LogP contribution >= 0.6 is 7.82 Å². The molecule has 0 unspecified atom stereocenters. The van der Waals surface area contributed by atoms with Gasteiger partial charge < -0.3 is 19.3 Å². The van der Waals surface area contributed by atoms with Crippen molar-refractivity contribution < 1.29 is 37.9 Å². The summed E-state index contributed by atoms with van der Waals surface area (Å²) < 4.78 is 25.6. The molecule has 0 amide bonds. The van der Waals surface area contributed by atoms with E-state index in [1.54, 1.807) is 18.2 Å². The quantitative estimate of drug-likeness (QED) is 0.0816. The predicted octanol–water partition coefficient (Wildman–Crippen LogP) is 5.16. The highest BCUT2D eigenvalue weighted by atomic mass is 31.2. The van der Waals surface area contributed by atoms with E-state index in [9.17, 15) is 14.2 Å². The lowest BCUT2D eigenvalue weighted by Crippen LogP contribution is -2.29. The van der Waals surface area contributed by atoms with Crippen LogP contribution < -0.4 is 0 Å². The van der Waals surface area contributed by atoms with E-state index in [0.717, 1.165) is 25.7 Å². The summed E-state index contributed by atoms with van der Waals surface area (Å²) in [6.45, 7) is 4.80. The molecule has 32 heavy (non-hydrogen) atoms. The smallest absolute Gasteiger partial charge is 0.458 e. The zero-order valence-corrected chi connectivity index (χ0v) is 20.0. The zero-order chi connectivity index (χ0) is 24.1. The molecular weight excluding hydrogens is 435 g/mol. The first-order chi connectivity index (χ1) is 15.3. The van der Waals surface area contributed by atoms with Crippen LogP contribution in [0.15, 0.2) is 37.0 Å². The van der Waals surface area contributed by atoms with Gasteiger partial charge in [0.25, 0.3) is 0 Å². The summed E-state index contributed by atoms with van der Waals surface area (Å²) in [7, 11) is -4.74. The Labute approximate surface area is 192 Å². The average Bonchev–Trinajstić information content (AvgIpc) is 2.73. The first-order valence-corrected chi connectivity index (χ1v) is 12.8. The molecule has 0 aliphatic heterocycles. The monoisotopic (exact) mass is 474 g/mol. The fourth-order valence-corrected chi connectivity index (χ4v) is 3.09. The summed E-state index contributed by atoms with van der Waals surface area (Å²) in [5.74, 6) is -1.16. The molecule has 184 valence electrons. The molecule has 0 saturated carbocycles. The second kappa shape index (κ2) is 19.9. The number of ether oxygens (including phenoxy) is 2. The molecule has 0 aliphatic carbocycles. The van der Waals surface area contributed by atoms with Crippen LogP contribution in [-0.4, -0.2) is 41.0 Å². The van der Waals surface area contributed by atoms with E-state index in [4.69, 9.17) is 19.3 Å². The average molecular weight is 475 g/mol. The first-order valence-electron chi connectivity index (χ1n) is 11.3. The summed E-state index contributed by atoms with van der Waals surface area (Å²) >= 11 is 0. The number of hydrogen-bond donors (Lipinski definition) is 2. The van der Waals surface area contributed by atoms with Gasteiger partial charge in [-0.3, -0.25) is 9.32 Å². The van der Waals surface area contributed by atoms with Crippen LogP contribution in [0.3, 0.4) is 0 Å². The minimum atomic E-state index is -4.74. The van der Waals surface area contributed by atoms with E-state index in [1.165, 1.54) is 31.8 Å². The standard InChI is InChI=1S/C23H39O8P/c1-3-5-7-9-11-12-14-16-18-23(25)31-21(20-30-32(26,27)28)19-29-22(24)17-15-13-10-8-6-4-2/h4,6,8,15,17,21H,2-3,5,7,9-14,16,18-20H2,1H3,(H2,26,27,28)/b8-6+,17-15+/t21-/m1/s1. The van der Waals surface area contributed by atoms with Crippen molar-refractivity contribution in [1.29, 1.82) is 0 Å². The molecule has 0 aliphatic rings. The second-order valence-electron chi connectivity index (χ2n) is 7.40. The molecule has 1 atom stereocenters. The summed E-state index contributed by atoms with van der Waals surface area (Å²) in [6, 6.07) is 0. The van der Waals surface area contributed by atoms with Gasteiger partial charge in [-0.05, 0) is 19.3 Å². The lowest BCUT2D eigenvalue weighted by Gasteiger charge is -2.18. The maximum atomic E-state index is 12.1. The van der Waals surface area contributed by atoms with Crippen LogP contribution in [0.1, 0.15) is 77.6 Å². The number of unbranched alkanes of at least 4 members (excludes halogenated alkanes) is 8. The Morgan fingerprint density at radius 2 is 1.59 bits per heavy atom. The Balaban J connectivity index is 4.31. The minimum Gasteiger partial charge on any atom is -0.458 e. The third-order valence-electron chi connectivity index (χ3n) is 4.40. The van der Waals surface area contributed by atoms with E-state index in [0.29, 0.717) is 12.8 Å². The Kier molecular flexibility index (Phi) is 18.8. The predicted molar refractivity (Wildman–Crippen MR) is 124 cm³/mol.